The van der Waals surface area contributed by atoms with Crippen LogP contribution in [-0.2, 0) is 6.42 Å². The number of hydrogen-bond acceptors (Lipinski definition) is 4. The molecule has 0 radical (unpaired) electrons. The first-order chi connectivity index (χ1) is 8.74. The van der Waals surface area contributed by atoms with E-state index in [4.69, 9.17) is 5.73 Å². The van der Waals surface area contributed by atoms with Gasteiger partial charge in [-0.1, -0.05) is 0 Å². The topological polar surface area (TPSA) is 50.9 Å². The maximum atomic E-state index is 5.73. The number of aryl methyl sites for hydroxylation is 2. The molecule has 2 aromatic heterocycles. The van der Waals surface area contributed by atoms with Gasteiger partial charge in [-0.25, -0.2) is 4.98 Å². The molecule has 0 aromatic carbocycles. The van der Waals surface area contributed by atoms with Crippen LogP contribution in [0.4, 0.5) is 11.5 Å². The number of thiophene rings is 1. The highest BCUT2D eigenvalue weighted by molar-refractivity contribution is 7.10. The van der Waals surface area contributed by atoms with Crippen LogP contribution in [0.1, 0.15) is 34.9 Å². The largest absolute Gasteiger partial charge is 0.397 e. The summed E-state index contributed by atoms with van der Waals surface area (Å²) in [6, 6.07) is 4.60. The summed E-state index contributed by atoms with van der Waals surface area (Å²) in [5.74, 6) is 0.952. The molecule has 2 aromatic rings. The molecule has 0 bridgehead atoms. The van der Waals surface area contributed by atoms with E-state index in [1.54, 1.807) is 6.20 Å². The molecule has 4 heteroatoms. The van der Waals surface area contributed by atoms with Crippen molar-refractivity contribution in [1.82, 2.24) is 4.98 Å². The first kappa shape index (κ1) is 11.5. The summed E-state index contributed by atoms with van der Waals surface area (Å²) in [7, 11) is 0. The van der Waals surface area contributed by atoms with E-state index in [2.05, 4.69) is 21.7 Å². The van der Waals surface area contributed by atoms with Gasteiger partial charge in [0, 0.05) is 4.88 Å². The zero-order valence-corrected chi connectivity index (χ0v) is 11.3. The Bertz CT molecular complexity index is 562. The molecule has 0 amide bonds. The van der Waals surface area contributed by atoms with Gasteiger partial charge in [-0.2, -0.15) is 0 Å². The van der Waals surface area contributed by atoms with Gasteiger partial charge in [-0.05, 0) is 54.8 Å². The summed E-state index contributed by atoms with van der Waals surface area (Å²) in [6.45, 7) is 2.04. The summed E-state index contributed by atoms with van der Waals surface area (Å²) in [6.07, 6.45) is 5.36. The lowest BCUT2D eigenvalue weighted by molar-refractivity contribution is 0.606. The lowest BCUT2D eigenvalue weighted by Crippen LogP contribution is -2.17. The minimum atomic E-state index is 0.398. The van der Waals surface area contributed by atoms with Gasteiger partial charge in [0.1, 0.15) is 5.82 Å². The van der Waals surface area contributed by atoms with E-state index >= 15 is 0 Å². The molecule has 1 atom stereocenters. The molecular formula is C14H17N3S. The molecule has 1 unspecified atom stereocenters. The summed E-state index contributed by atoms with van der Waals surface area (Å²) < 4.78 is 0. The molecule has 3 nitrogen and oxygen atoms in total. The molecule has 0 aliphatic heterocycles. The fourth-order valence-electron chi connectivity index (χ4n) is 2.55. The number of nitrogen functional groups attached to an aromatic ring is 1. The first-order valence-electron chi connectivity index (χ1n) is 6.29. The zero-order chi connectivity index (χ0) is 12.5. The number of hydrogen-bond donors (Lipinski definition) is 2. The van der Waals surface area contributed by atoms with Crippen molar-refractivity contribution >= 4 is 22.8 Å². The van der Waals surface area contributed by atoms with E-state index in [-0.39, 0.29) is 0 Å². The van der Waals surface area contributed by atoms with E-state index in [0.717, 1.165) is 17.1 Å². The second-order valence-electron chi connectivity index (χ2n) is 4.82. The van der Waals surface area contributed by atoms with Crippen LogP contribution in [0.15, 0.2) is 23.7 Å². The van der Waals surface area contributed by atoms with Crippen LogP contribution in [0.3, 0.4) is 0 Å². The highest BCUT2D eigenvalue weighted by Gasteiger charge is 2.21. The third kappa shape index (κ3) is 2.08. The number of nitrogens with one attached hydrogen (secondary N) is 1. The Morgan fingerprint density at radius 3 is 3.22 bits per heavy atom. The molecule has 0 spiro atoms. The van der Waals surface area contributed by atoms with Gasteiger partial charge >= 0.3 is 0 Å². The average Bonchev–Trinajstić information content (AvgIpc) is 2.82. The van der Waals surface area contributed by atoms with Crippen LogP contribution in [-0.4, -0.2) is 4.98 Å². The number of nitrogens with two attached hydrogens (primary N) is 1. The third-order valence-electron chi connectivity index (χ3n) is 3.46. The molecule has 94 valence electrons. The second kappa shape index (κ2) is 4.61. The van der Waals surface area contributed by atoms with Gasteiger partial charge in [-0.3, -0.25) is 0 Å². The lowest BCUT2D eigenvalue weighted by atomic mass is 9.94. The predicted molar refractivity (Wildman–Crippen MR) is 77.0 cm³/mol. The molecule has 18 heavy (non-hydrogen) atoms. The van der Waals surface area contributed by atoms with Crippen molar-refractivity contribution in [2.45, 2.75) is 32.2 Å². The maximum absolute atomic E-state index is 5.73. The molecule has 2 heterocycles. The number of anilines is 2. The zero-order valence-electron chi connectivity index (χ0n) is 10.4. The van der Waals surface area contributed by atoms with Crippen molar-refractivity contribution in [2.24, 2.45) is 0 Å². The molecule has 3 N–H and O–H groups in total. The Kier molecular flexibility index (Phi) is 2.96. The molecule has 0 saturated carbocycles. The number of rotatable bonds is 2. The van der Waals surface area contributed by atoms with Gasteiger partial charge in [0.2, 0.25) is 0 Å². The highest BCUT2D eigenvalue weighted by Crippen LogP contribution is 2.35. The van der Waals surface area contributed by atoms with Crippen LogP contribution in [0.5, 0.6) is 0 Å². The van der Waals surface area contributed by atoms with Gasteiger partial charge in [0.15, 0.2) is 0 Å². The monoisotopic (exact) mass is 259 g/mol. The Balaban J connectivity index is 1.86. The minimum absolute atomic E-state index is 0.398. The Morgan fingerprint density at radius 1 is 1.50 bits per heavy atom. The van der Waals surface area contributed by atoms with E-state index in [9.17, 15) is 0 Å². The van der Waals surface area contributed by atoms with Crippen molar-refractivity contribution in [1.29, 1.82) is 0 Å². The molecule has 0 fully saturated rings. The normalized spacial score (nSPS) is 18.4. The van der Waals surface area contributed by atoms with Crippen LogP contribution < -0.4 is 11.1 Å². The van der Waals surface area contributed by atoms with Gasteiger partial charge in [-0.15, -0.1) is 11.3 Å². The Labute approximate surface area is 111 Å². The molecular weight excluding hydrogens is 242 g/mol. The minimum Gasteiger partial charge on any atom is -0.397 e. The summed E-state index contributed by atoms with van der Waals surface area (Å²) in [5.41, 5.74) is 9.01. The van der Waals surface area contributed by atoms with Crippen molar-refractivity contribution in [2.75, 3.05) is 11.1 Å². The maximum Gasteiger partial charge on any atom is 0.129 e. The number of nitrogens with zero attached hydrogens (tertiary/aromatic N) is 1. The predicted octanol–water partition coefficient (Wildman–Crippen LogP) is 3.52. The Morgan fingerprint density at radius 2 is 2.39 bits per heavy atom. The van der Waals surface area contributed by atoms with Crippen molar-refractivity contribution in [3.63, 3.8) is 0 Å². The molecule has 0 saturated heterocycles. The molecule has 1 aliphatic rings. The second-order valence-corrected chi connectivity index (χ2v) is 5.82. The Hall–Kier alpha value is -1.55. The standard InChI is InChI=1S/C14H17N3S/c1-9-7-10(15)8-16-14(9)17-12-3-2-4-13-11(12)5-6-18-13/h5-8,12H,2-4,15H2,1H3,(H,16,17). The first-order valence-corrected chi connectivity index (χ1v) is 7.17. The van der Waals surface area contributed by atoms with E-state index in [1.165, 1.54) is 29.7 Å². The number of pyridine rings is 1. The smallest absolute Gasteiger partial charge is 0.129 e. The van der Waals surface area contributed by atoms with E-state index in [0.29, 0.717) is 6.04 Å². The van der Waals surface area contributed by atoms with Crippen molar-refractivity contribution in [3.05, 3.63) is 39.7 Å². The summed E-state index contributed by atoms with van der Waals surface area (Å²) in [5, 5.41) is 5.75. The van der Waals surface area contributed by atoms with Crippen molar-refractivity contribution in [3.8, 4) is 0 Å². The fourth-order valence-corrected chi connectivity index (χ4v) is 3.54. The molecule has 1 aliphatic carbocycles. The summed E-state index contributed by atoms with van der Waals surface area (Å²) in [4.78, 5) is 5.92. The summed E-state index contributed by atoms with van der Waals surface area (Å²) >= 11 is 1.87. The van der Waals surface area contributed by atoms with Crippen LogP contribution >= 0.6 is 11.3 Å². The third-order valence-corrected chi connectivity index (χ3v) is 4.46. The van der Waals surface area contributed by atoms with Gasteiger partial charge in [0.25, 0.3) is 0 Å². The van der Waals surface area contributed by atoms with Crippen LogP contribution in [0, 0.1) is 6.92 Å². The SMILES string of the molecule is Cc1cc(N)cnc1NC1CCCc2sccc21. The average molecular weight is 259 g/mol. The number of aromatic nitrogens is 1. The van der Waals surface area contributed by atoms with Crippen LogP contribution in [0.2, 0.25) is 0 Å². The number of fused-ring (bicyclic) bond motifs is 1. The van der Waals surface area contributed by atoms with E-state index < -0.39 is 0 Å². The van der Waals surface area contributed by atoms with Crippen LogP contribution in [0.25, 0.3) is 0 Å². The fraction of sp³-hybridized carbons (Fsp3) is 0.357. The quantitative estimate of drug-likeness (QED) is 0.867. The van der Waals surface area contributed by atoms with E-state index in [1.807, 2.05) is 24.3 Å². The lowest BCUT2D eigenvalue weighted by Gasteiger charge is -2.25. The van der Waals surface area contributed by atoms with Gasteiger partial charge < -0.3 is 11.1 Å². The van der Waals surface area contributed by atoms with Gasteiger partial charge in [0.05, 0.1) is 17.9 Å². The van der Waals surface area contributed by atoms with Crippen molar-refractivity contribution < 1.29 is 0 Å². The molecule has 3 rings (SSSR count). The highest BCUT2D eigenvalue weighted by atomic mass is 32.1.